The predicted octanol–water partition coefficient (Wildman–Crippen LogP) is 3.21. The number of ether oxygens (including phenoxy) is 2. The minimum absolute atomic E-state index is 0.177. The molecule has 1 unspecified atom stereocenters. The van der Waals surface area contributed by atoms with Crippen LogP contribution in [0.3, 0.4) is 0 Å². The zero-order valence-electron chi connectivity index (χ0n) is 21.1. The largest absolute Gasteiger partial charge is 0.444 e. The number of benzene rings is 1. The number of aryl methyl sites for hydroxylation is 1. The highest BCUT2D eigenvalue weighted by atomic mass is 16.6. The number of fused-ring (bicyclic) bond motifs is 1. The van der Waals surface area contributed by atoms with Gasteiger partial charge >= 0.3 is 11.8 Å². The maximum absolute atomic E-state index is 12.5. The van der Waals surface area contributed by atoms with Gasteiger partial charge in [0.2, 0.25) is 11.8 Å². The lowest BCUT2D eigenvalue weighted by Gasteiger charge is -2.28. The van der Waals surface area contributed by atoms with Gasteiger partial charge in [0.25, 0.3) is 0 Å². The number of oxazole rings is 1. The first-order valence-electron chi connectivity index (χ1n) is 11.9. The van der Waals surface area contributed by atoms with E-state index in [2.05, 4.69) is 10.6 Å². The molecule has 2 aromatic rings. The summed E-state index contributed by atoms with van der Waals surface area (Å²) >= 11 is 0. The van der Waals surface area contributed by atoms with Gasteiger partial charge < -0.3 is 19.2 Å². The highest BCUT2D eigenvalue weighted by Gasteiger charge is 2.31. The quantitative estimate of drug-likeness (QED) is 0.409. The van der Waals surface area contributed by atoms with E-state index in [0.29, 0.717) is 43.6 Å². The molecule has 1 aliphatic heterocycles. The van der Waals surface area contributed by atoms with Crippen LogP contribution in [0.2, 0.25) is 0 Å². The number of rotatable bonds is 9. The van der Waals surface area contributed by atoms with Gasteiger partial charge in [0.1, 0.15) is 11.6 Å². The number of para-hydroxylation sites is 1. The van der Waals surface area contributed by atoms with Gasteiger partial charge in [0.05, 0.1) is 5.52 Å². The van der Waals surface area contributed by atoms with E-state index in [4.69, 9.17) is 13.9 Å². The molecule has 1 aromatic heterocycles. The molecule has 35 heavy (non-hydrogen) atoms. The standard InChI is InChI=1S/C25H35N3O7/c1-24(2,3)35-22(31)27-25(4,5)13-15-33-14-7-9-16-8-6-10-17-20(16)34-23(32)28(17)18-11-12-19(29)26-21(18)30/h6,8,10,18H,7,9,11-15H2,1-5H3,(H,27,31)(H,26,29,30). The Labute approximate surface area is 204 Å². The van der Waals surface area contributed by atoms with Crippen molar-refractivity contribution in [2.45, 2.75) is 83.9 Å². The average molecular weight is 490 g/mol. The Morgan fingerprint density at radius 3 is 2.60 bits per heavy atom. The number of nitrogens with zero attached hydrogens (tertiary/aromatic N) is 1. The normalized spacial score (nSPS) is 16.9. The molecule has 2 heterocycles. The van der Waals surface area contributed by atoms with Crippen LogP contribution in [0.5, 0.6) is 0 Å². The smallest absolute Gasteiger partial charge is 0.420 e. The van der Waals surface area contributed by atoms with Gasteiger partial charge in [-0.1, -0.05) is 12.1 Å². The molecular weight excluding hydrogens is 454 g/mol. The molecule has 1 fully saturated rings. The van der Waals surface area contributed by atoms with E-state index in [1.807, 2.05) is 46.8 Å². The van der Waals surface area contributed by atoms with E-state index < -0.39 is 34.9 Å². The van der Waals surface area contributed by atoms with Crippen molar-refractivity contribution in [3.8, 4) is 0 Å². The lowest BCUT2D eigenvalue weighted by atomic mass is 10.0. The fraction of sp³-hybridized carbons (Fsp3) is 0.600. The maximum Gasteiger partial charge on any atom is 0.420 e. The van der Waals surface area contributed by atoms with Crippen molar-refractivity contribution in [2.75, 3.05) is 13.2 Å². The van der Waals surface area contributed by atoms with Crippen molar-refractivity contribution in [3.63, 3.8) is 0 Å². The third-order valence-corrected chi connectivity index (χ3v) is 5.69. The number of alkyl carbamates (subject to hydrolysis) is 1. The molecule has 0 bridgehead atoms. The van der Waals surface area contributed by atoms with Gasteiger partial charge in [-0.25, -0.2) is 9.59 Å². The Kier molecular flexibility index (Phi) is 8.04. The molecule has 1 aromatic carbocycles. The topological polar surface area (TPSA) is 129 Å². The van der Waals surface area contributed by atoms with Crippen molar-refractivity contribution in [2.24, 2.45) is 0 Å². The molecule has 0 saturated carbocycles. The highest BCUT2D eigenvalue weighted by Crippen LogP contribution is 2.25. The second-order valence-electron chi connectivity index (χ2n) is 10.4. The second kappa shape index (κ2) is 10.6. The fourth-order valence-corrected chi connectivity index (χ4v) is 3.97. The lowest BCUT2D eigenvalue weighted by Crippen LogP contribution is -2.46. The first kappa shape index (κ1) is 26.5. The molecule has 0 radical (unpaired) electrons. The van der Waals surface area contributed by atoms with Gasteiger partial charge in [-0.2, -0.15) is 0 Å². The minimum atomic E-state index is -0.766. The first-order valence-corrected chi connectivity index (χ1v) is 11.9. The third kappa shape index (κ3) is 7.17. The molecular formula is C25H35N3O7. The van der Waals surface area contributed by atoms with Crippen LogP contribution >= 0.6 is 0 Å². The number of carbonyl (C=O) groups is 3. The van der Waals surface area contributed by atoms with Crippen molar-refractivity contribution >= 4 is 29.0 Å². The number of piperidine rings is 1. The maximum atomic E-state index is 12.5. The van der Waals surface area contributed by atoms with E-state index >= 15 is 0 Å². The van der Waals surface area contributed by atoms with Crippen LogP contribution in [-0.2, 0) is 25.5 Å². The zero-order chi connectivity index (χ0) is 25.8. The summed E-state index contributed by atoms with van der Waals surface area (Å²) in [6.45, 7) is 10.2. The van der Waals surface area contributed by atoms with Crippen molar-refractivity contribution in [1.29, 1.82) is 0 Å². The number of nitrogens with one attached hydrogen (secondary N) is 2. The molecule has 1 atom stereocenters. The molecule has 0 aliphatic carbocycles. The van der Waals surface area contributed by atoms with Gasteiger partial charge in [0, 0.05) is 25.2 Å². The Morgan fingerprint density at radius 1 is 1.17 bits per heavy atom. The van der Waals surface area contributed by atoms with E-state index in [1.54, 1.807) is 6.07 Å². The number of hydrogen-bond acceptors (Lipinski definition) is 7. The number of carbonyl (C=O) groups excluding carboxylic acids is 3. The van der Waals surface area contributed by atoms with Crippen molar-refractivity contribution in [1.82, 2.24) is 15.2 Å². The van der Waals surface area contributed by atoms with Crippen LogP contribution in [0.15, 0.2) is 27.4 Å². The average Bonchev–Trinajstić information content (AvgIpc) is 3.05. The summed E-state index contributed by atoms with van der Waals surface area (Å²) in [5, 5.41) is 5.14. The monoisotopic (exact) mass is 489 g/mol. The molecule has 10 nitrogen and oxygen atoms in total. The van der Waals surface area contributed by atoms with Gasteiger partial charge in [-0.15, -0.1) is 0 Å². The Morgan fingerprint density at radius 2 is 1.91 bits per heavy atom. The number of amides is 3. The number of hydrogen-bond donors (Lipinski definition) is 2. The summed E-state index contributed by atoms with van der Waals surface area (Å²) < 4.78 is 17.9. The third-order valence-electron chi connectivity index (χ3n) is 5.69. The van der Waals surface area contributed by atoms with Crippen LogP contribution in [0, 0.1) is 0 Å². The molecule has 2 N–H and O–H groups in total. The molecule has 0 spiro atoms. The number of aromatic nitrogens is 1. The first-order chi connectivity index (χ1) is 16.4. The van der Waals surface area contributed by atoms with Crippen LogP contribution < -0.4 is 16.4 Å². The fourth-order valence-electron chi connectivity index (χ4n) is 3.97. The van der Waals surface area contributed by atoms with E-state index in [9.17, 15) is 19.2 Å². The van der Waals surface area contributed by atoms with E-state index in [-0.39, 0.29) is 18.7 Å². The van der Waals surface area contributed by atoms with Gasteiger partial charge in [-0.05, 0) is 71.9 Å². The molecule has 192 valence electrons. The molecule has 3 rings (SSSR count). The Balaban J connectivity index is 1.51. The van der Waals surface area contributed by atoms with Crippen molar-refractivity contribution in [3.05, 3.63) is 34.3 Å². The van der Waals surface area contributed by atoms with Crippen LogP contribution in [0.4, 0.5) is 4.79 Å². The summed E-state index contributed by atoms with van der Waals surface area (Å²) in [6.07, 6.45) is 1.92. The summed E-state index contributed by atoms with van der Waals surface area (Å²) in [4.78, 5) is 48.3. The van der Waals surface area contributed by atoms with E-state index in [0.717, 1.165) is 5.56 Å². The summed E-state index contributed by atoms with van der Waals surface area (Å²) in [6, 6.07) is 4.68. The summed E-state index contributed by atoms with van der Waals surface area (Å²) in [5.41, 5.74) is 0.807. The molecule has 1 aliphatic rings. The zero-order valence-corrected chi connectivity index (χ0v) is 21.1. The Hall–Kier alpha value is -3.14. The Bertz CT molecular complexity index is 1140. The minimum Gasteiger partial charge on any atom is -0.444 e. The molecule has 3 amide bonds. The molecule has 1 saturated heterocycles. The van der Waals surface area contributed by atoms with E-state index in [1.165, 1.54) is 4.57 Å². The SMILES string of the molecule is CC(C)(CCOCCCc1cccc2c1oc(=O)n2C1CCC(=O)NC1=O)NC(=O)OC(C)(C)C. The van der Waals surface area contributed by atoms with Crippen LogP contribution in [0.25, 0.3) is 11.1 Å². The van der Waals surface area contributed by atoms with Gasteiger partial charge in [0.15, 0.2) is 5.58 Å². The lowest BCUT2D eigenvalue weighted by molar-refractivity contribution is -0.135. The highest BCUT2D eigenvalue weighted by molar-refractivity contribution is 6.00. The van der Waals surface area contributed by atoms with Crippen LogP contribution in [0.1, 0.15) is 71.9 Å². The van der Waals surface area contributed by atoms with Gasteiger partial charge in [-0.3, -0.25) is 19.5 Å². The second-order valence-corrected chi connectivity index (χ2v) is 10.4. The summed E-state index contributed by atoms with van der Waals surface area (Å²) in [5.74, 6) is -1.44. The van der Waals surface area contributed by atoms with Crippen molar-refractivity contribution < 1.29 is 28.3 Å². The predicted molar refractivity (Wildman–Crippen MR) is 129 cm³/mol. The summed E-state index contributed by atoms with van der Waals surface area (Å²) in [7, 11) is 0. The number of imide groups is 1. The van der Waals surface area contributed by atoms with Crippen LogP contribution in [-0.4, -0.2) is 46.8 Å². The molecule has 10 heteroatoms.